The molecule has 3 saturated carbocycles. The van der Waals surface area contributed by atoms with E-state index in [2.05, 4.69) is 26.1 Å². The third-order valence-corrected chi connectivity index (χ3v) is 10.1. The van der Waals surface area contributed by atoms with E-state index < -0.39 is 24.2 Å². The first-order valence-corrected chi connectivity index (χ1v) is 14.4. The normalized spacial score (nSPS) is 31.8. The number of carbonyl (C=O) groups is 1. The predicted molar refractivity (Wildman–Crippen MR) is 153 cm³/mol. The van der Waals surface area contributed by atoms with Gasteiger partial charge in [-0.2, -0.15) is 5.06 Å². The van der Waals surface area contributed by atoms with Gasteiger partial charge in [0.2, 0.25) is 5.91 Å². The van der Waals surface area contributed by atoms with Crippen molar-refractivity contribution >= 4 is 5.91 Å². The maximum absolute atomic E-state index is 14.0. The van der Waals surface area contributed by atoms with Crippen molar-refractivity contribution in [1.82, 2.24) is 10.4 Å². The van der Waals surface area contributed by atoms with Gasteiger partial charge >= 0.3 is 0 Å². The fourth-order valence-electron chi connectivity index (χ4n) is 7.62. The highest BCUT2D eigenvalue weighted by Crippen LogP contribution is 2.61. The van der Waals surface area contributed by atoms with Crippen molar-refractivity contribution in [2.75, 3.05) is 20.8 Å². The van der Waals surface area contributed by atoms with Crippen LogP contribution in [-0.4, -0.2) is 66.3 Å². The maximum atomic E-state index is 14.0. The summed E-state index contributed by atoms with van der Waals surface area (Å²) in [7, 11) is 3.26. The molecule has 0 radical (unpaired) electrons. The Morgan fingerprint density at radius 1 is 1.18 bits per heavy atom. The number of hydrogen-bond donors (Lipinski definition) is 3. The highest BCUT2D eigenvalue weighted by molar-refractivity contribution is 5.83. The Kier molecular flexibility index (Phi) is 8.17. The van der Waals surface area contributed by atoms with Crippen LogP contribution in [0.15, 0.2) is 42.5 Å². The number of carbonyl (C=O) groups excluding carboxylic acids is 1. The zero-order chi connectivity index (χ0) is 28.8. The Hall–Kier alpha value is -2.65. The van der Waals surface area contributed by atoms with Gasteiger partial charge in [0, 0.05) is 23.1 Å². The molecule has 3 N–H and O–H groups in total. The Labute approximate surface area is 237 Å². The molecule has 1 amide bonds. The van der Waals surface area contributed by atoms with E-state index >= 15 is 0 Å². The Balaban J connectivity index is 1.42. The smallest absolute Gasteiger partial charge is 0.240 e. The number of nitrogens with one attached hydrogen (secondary N) is 1. The van der Waals surface area contributed by atoms with Crippen LogP contribution in [-0.2, 0) is 16.2 Å². The number of hydrogen-bond acceptors (Lipinski definition) is 7. The molecule has 3 aliphatic carbocycles. The predicted octanol–water partition coefficient (Wildman–Crippen LogP) is 4.03. The fraction of sp³-hybridized carbons (Fsp3) is 0.594. The lowest BCUT2D eigenvalue weighted by Gasteiger charge is -2.62. The summed E-state index contributed by atoms with van der Waals surface area (Å²) in [6.07, 6.45) is 0.646. The lowest BCUT2D eigenvalue weighted by molar-refractivity contribution is -0.183. The van der Waals surface area contributed by atoms with E-state index in [0.29, 0.717) is 28.9 Å². The number of rotatable bonds is 9. The topological polar surface area (TPSA) is 100 Å². The maximum Gasteiger partial charge on any atom is 0.240 e. The number of aliphatic hydroxyl groups excluding tert-OH is 2. The molecule has 4 fully saturated rings. The van der Waals surface area contributed by atoms with Crippen LogP contribution < -0.4 is 14.8 Å². The van der Waals surface area contributed by atoms with Crippen LogP contribution in [0.3, 0.4) is 0 Å². The summed E-state index contributed by atoms with van der Waals surface area (Å²) in [6, 6.07) is 13.0. The van der Waals surface area contributed by atoms with Gasteiger partial charge in [0.15, 0.2) is 0 Å². The molecule has 1 saturated heterocycles. The zero-order valence-corrected chi connectivity index (χ0v) is 24.5. The fourth-order valence-corrected chi connectivity index (χ4v) is 7.62. The Bertz CT molecular complexity index is 1220. The largest absolute Gasteiger partial charge is 0.497 e. The first kappa shape index (κ1) is 28.9. The van der Waals surface area contributed by atoms with Gasteiger partial charge in [0.05, 0.1) is 33.5 Å². The lowest BCUT2D eigenvalue weighted by Crippen LogP contribution is -2.62. The Morgan fingerprint density at radius 3 is 2.55 bits per heavy atom. The van der Waals surface area contributed by atoms with E-state index in [-0.39, 0.29) is 25.1 Å². The minimum absolute atomic E-state index is 0.0832. The van der Waals surface area contributed by atoms with Crippen molar-refractivity contribution < 1.29 is 29.3 Å². The molecular weight excluding hydrogens is 508 g/mol. The third-order valence-electron chi connectivity index (χ3n) is 10.1. The van der Waals surface area contributed by atoms with Crippen molar-refractivity contribution in [2.45, 2.75) is 71.4 Å². The lowest BCUT2D eigenvalue weighted by atomic mass is 9.45. The van der Waals surface area contributed by atoms with E-state index in [9.17, 15) is 15.0 Å². The van der Waals surface area contributed by atoms with Crippen LogP contribution in [0.4, 0.5) is 0 Å². The molecule has 2 bridgehead atoms. The van der Waals surface area contributed by atoms with Gasteiger partial charge < -0.3 is 25.0 Å². The monoisotopic (exact) mass is 552 g/mol. The second kappa shape index (κ2) is 11.3. The van der Waals surface area contributed by atoms with Crippen LogP contribution in [0.1, 0.15) is 46.1 Å². The van der Waals surface area contributed by atoms with Gasteiger partial charge in [-0.3, -0.25) is 9.63 Å². The van der Waals surface area contributed by atoms with Crippen LogP contribution >= 0.6 is 0 Å². The highest BCUT2D eigenvalue weighted by Gasteiger charge is 2.57. The minimum Gasteiger partial charge on any atom is -0.497 e. The number of methoxy groups -OCH3 is 2. The molecule has 1 aliphatic heterocycles. The molecule has 8 heteroatoms. The van der Waals surface area contributed by atoms with Crippen molar-refractivity contribution in [2.24, 2.45) is 29.1 Å². The van der Waals surface area contributed by atoms with Crippen molar-refractivity contribution in [3.05, 3.63) is 48.0 Å². The number of amides is 1. The average molecular weight is 553 g/mol. The summed E-state index contributed by atoms with van der Waals surface area (Å²) >= 11 is 0. The first-order valence-electron chi connectivity index (χ1n) is 14.4. The second-order valence-corrected chi connectivity index (χ2v) is 12.5. The summed E-state index contributed by atoms with van der Waals surface area (Å²) in [4.78, 5) is 20.1. The standard InChI is InChI=1S/C32H44N2O6/c1-18-25-14-22(32(25,3)4)15-26(18)33-31(37)29-28(19(2)36)27(17-35)40-34(29)16-21-10-8-12-24(30(21)39-6)20-9-7-11-23(13-20)38-5/h7-13,18-19,22,25-29,35-36H,14-17H2,1-6H3,(H,33,37)/t18-,19-,22+,25-,26-,27-,28-,29-/m0/s1. The van der Waals surface area contributed by atoms with Gasteiger partial charge in [0.1, 0.15) is 23.6 Å². The van der Waals surface area contributed by atoms with E-state index in [1.165, 1.54) is 6.42 Å². The molecule has 0 unspecified atom stereocenters. The molecule has 2 aromatic carbocycles. The molecule has 6 rings (SSSR count). The molecule has 40 heavy (non-hydrogen) atoms. The van der Waals surface area contributed by atoms with E-state index in [4.69, 9.17) is 14.3 Å². The van der Waals surface area contributed by atoms with Crippen LogP contribution in [0.5, 0.6) is 11.5 Å². The number of nitrogens with zero attached hydrogens (tertiary/aromatic N) is 1. The van der Waals surface area contributed by atoms with Crippen LogP contribution in [0, 0.1) is 29.1 Å². The van der Waals surface area contributed by atoms with E-state index in [0.717, 1.165) is 28.9 Å². The quantitative estimate of drug-likeness (QED) is 0.432. The number of ether oxygens (including phenoxy) is 2. The van der Waals surface area contributed by atoms with E-state index in [1.807, 2.05) is 42.5 Å². The SMILES string of the molecule is COc1cccc(-c2cccc(CN3O[C@@H](CO)[C@H]([C@H](C)O)[C@H]3C(=O)N[C@H]3C[C@H]4C[C@@H]([C@@H]3C)C4(C)C)c2OC)c1. The molecule has 1 heterocycles. The average Bonchev–Trinajstić information content (AvgIpc) is 3.32. The molecule has 2 aromatic rings. The number of hydroxylamine groups is 2. The second-order valence-electron chi connectivity index (χ2n) is 12.5. The molecule has 218 valence electrons. The molecule has 0 aromatic heterocycles. The van der Waals surface area contributed by atoms with Gasteiger partial charge in [0.25, 0.3) is 0 Å². The molecular formula is C32H44N2O6. The first-order chi connectivity index (χ1) is 19.1. The number of aliphatic hydroxyl groups is 2. The number of benzene rings is 2. The molecule has 8 nitrogen and oxygen atoms in total. The Morgan fingerprint density at radius 2 is 1.93 bits per heavy atom. The summed E-state index contributed by atoms with van der Waals surface area (Å²) in [5.41, 5.74) is 2.98. The summed E-state index contributed by atoms with van der Waals surface area (Å²) < 4.78 is 11.3. The van der Waals surface area contributed by atoms with Gasteiger partial charge in [-0.05, 0) is 60.6 Å². The summed E-state index contributed by atoms with van der Waals surface area (Å²) in [5, 5.41) is 25.8. The molecule has 4 aliphatic rings. The van der Waals surface area contributed by atoms with Crippen LogP contribution in [0.2, 0.25) is 0 Å². The third kappa shape index (κ3) is 5.00. The van der Waals surface area contributed by atoms with Crippen molar-refractivity contribution in [3.8, 4) is 22.6 Å². The number of fused-ring (bicyclic) bond motifs is 2. The zero-order valence-electron chi connectivity index (χ0n) is 24.5. The molecule has 0 spiro atoms. The van der Waals surface area contributed by atoms with Gasteiger partial charge in [-0.15, -0.1) is 0 Å². The summed E-state index contributed by atoms with van der Waals surface area (Å²) in [5.74, 6) is 2.24. The van der Waals surface area contributed by atoms with Crippen LogP contribution in [0.25, 0.3) is 11.1 Å². The van der Waals surface area contributed by atoms with E-state index in [1.54, 1.807) is 26.2 Å². The number of para-hydroxylation sites is 1. The minimum atomic E-state index is -0.848. The van der Waals surface area contributed by atoms with Crippen molar-refractivity contribution in [1.29, 1.82) is 0 Å². The summed E-state index contributed by atoms with van der Waals surface area (Å²) in [6.45, 7) is 8.54. The highest BCUT2D eigenvalue weighted by atomic mass is 16.7. The van der Waals surface area contributed by atoms with Gasteiger partial charge in [-0.1, -0.05) is 51.1 Å². The van der Waals surface area contributed by atoms with Crippen molar-refractivity contribution in [3.63, 3.8) is 0 Å². The molecule has 8 atom stereocenters. The van der Waals surface area contributed by atoms with Gasteiger partial charge in [-0.25, -0.2) is 0 Å².